The maximum atomic E-state index is 5.39. The van der Waals surface area contributed by atoms with E-state index in [-0.39, 0.29) is 0 Å². The van der Waals surface area contributed by atoms with Crippen molar-refractivity contribution in [1.82, 2.24) is 20.0 Å². The second kappa shape index (κ2) is 6.80. The fourth-order valence-corrected chi connectivity index (χ4v) is 2.44. The van der Waals surface area contributed by atoms with Gasteiger partial charge in [-0.2, -0.15) is 4.98 Å². The van der Waals surface area contributed by atoms with E-state index in [0.29, 0.717) is 6.04 Å². The highest BCUT2D eigenvalue weighted by atomic mass is 16.5. The maximum Gasteiger partial charge on any atom is 0.240 e. The van der Waals surface area contributed by atoms with Gasteiger partial charge >= 0.3 is 0 Å². The minimum Gasteiger partial charge on any atom is -0.338 e. The van der Waals surface area contributed by atoms with E-state index in [1.165, 1.54) is 18.4 Å². The van der Waals surface area contributed by atoms with E-state index >= 15 is 0 Å². The molecular weight excluding hydrogens is 264 g/mol. The van der Waals surface area contributed by atoms with Crippen molar-refractivity contribution in [3.8, 4) is 0 Å². The highest BCUT2D eigenvalue weighted by molar-refractivity contribution is 5.10. The van der Waals surface area contributed by atoms with Gasteiger partial charge in [-0.05, 0) is 37.0 Å². The van der Waals surface area contributed by atoms with Gasteiger partial charge in [0.15, 0.2) is 5.82 Å². The predicted molar refractivity (Wildman–Crippen MR) is 79.4 cm³/mol. The summed E-state index contributed by atoms with van der Waals surface area (Å²) < 4.78 is 5.39. The van der Waals surface area contributed by atoms with Crippen LogP contribution in [-0.2, 0) is 19.5 Å². The number of rotatable bonds is 8. The third kappa shape index (κ3) is 4.11. The van der Waals surface area contributed by atoms with E-state index in [1.54, 1.807) is 0 Å². The topological polar surface area (TPSA) is 55.1 Å². The molecule has 0 spiro atoms. The quantitative estimate of drug-likeness (QED) is 0.746. The van der Waals surface area contributed by atoms with Crippen molar-refractivity contribution in [1.29, 1.82) is 0 Å². The largest absolute Gasteiger partial charge is 0.338 e. The van der Waals surface area contributed by atoms with E-state index in [9.17, 15) is 0 Å². The molecule has 1 aliphatic rings. The fraction of sp³-hybridized carbons (Fsp3) is 0.562. The van der Waals surface area contributed by atoms with Gasteiger partial charge in [-0.1, -0.05) is 18.5 Å². The first-order valence-corrected chi connectivity index (χ1v) is 7.79. The Balaban J connectivity index is 1.61. The summed E-state index contributed by atoms with van der Waals surface area (Å²) in [7, 11) is 0. The summed E-state index contributed by atoms with van der Waals surface area (Å²) in [5.41, 5.74) is 1.28. The summed E-state index contributed by atoms with van der Waals surface area (Å²) in [4.78, 5) is 11.0. The monoisotopic (exact) mass is 286 g/mol. The lowest BCUT2D eigenvalue weighted by Gasteiger charge is -2.19. The average molecular weight is 286 g/mol. The van der Waals surface area contributed by atoms with Crippen molar-refractivity contribution in [3.63, 3.8) is 0 Å². The molecule has 112 valence electrons. The van der Waals surface area contributed by atoms with Crippen LogP contribution in [-0.4, -0.2) is 26.1 Å². The van der Waals surface area contributed by atoms with E-state index in [1.807, 2.05) is 12.4 Å². The molecule has 5 nitrogen and oxygen atoms in total. The zero-order valence-corrected chi connectivity index (χ0v) is 12.5. The summed E-state index contributed by atoms with van der Waals surface area (Å²) in [6.07, 6.45) is 9.39. The van der Waals surface area contributed by atoms with Gasteiger partial charge in [-0.25, -0.2) is 0 Å². The highest BCUT2D eigenvalue weighted by Crippen LogP contribution is 2.29. The molecule has 5 heteroatoms. The smallest absolute Gasteiger partial charge is 0.240 e. The third-order valence-corrected chi connectivity index (χ3v) is 3.80. The Morgan fingerprint density at radius 1 is 1.24 bits per heavy atom. The Hall–Kier alpha value is -1.75. The molecule has 2 aromatic rings. The second-order valence-corrected chi connectivity index (χ2v) is 5.70. The fourth-order valence-electron chi connectivity index (χ4n) is 2.44. The van der Waals surface area contributed by atoms with Crippen LogP contribution in [0.25, 0.3) is 0 Å². The Labute approximate surface area is 125 Å². The maximum absolute atomic E-state index is 5.39. The number of nitrogens with zero attached hydrogens (tertiary/aromatic N) is 4. The molecular formula is C16H22N4O. The van der Waals surface area contributed by atoms with Crippen molar-refractivity contribution in [2.75, 3.05) is 0 Å². The number of unbranched alkanes of at least 4 members (excludes halogenated alkanes) is 1. The molecule has 2 heterocycles. The van der Waals surface area contributed by atoms with E-state index in [2.05, 4.69) is 39.1 Å². The van der Waals surface area contributed by atoms with Crippen LogP contribution in [0.1, 0.15) is 49.9 Å². The number of aromatic nitrogens is 3. The van der Waals surface area contributed by atoms with Gasteiger partial charge in [0.05, 0.1) is 6.54 Å². The molecule has 2 aromatic heterocycles. The van der Waals surface area contributed by atoms with Crippen LogP contribution >= 0.6 is 0 Å². The van der Waals surface area contributed by atoms with Crippen LogP contribution in [0.2, 0.25) is 0 Å². The Morgan fingerprint density at radius 3 is 2.76 bits per heavy atom. The van der Waals surface area contributed by atoms with Crippen LogP contribution < -0.4 is 0 Å². The molecule has 0 saturated heterocycles. The SMILES string of the molecule is CCCCc1noc(CN(Cc2ccncc2)C2CC2)n1. The van der Waals surface area contributed by atoms with Crippen LogP contribution in [0.15, 0.2) is 29.0 Å². The first kappa shape index (κ1) is 14.2. The Bertz CT molecular complexity index is 550. The normalized spacial score (nSPS) is 14.8. The molecule has 21 heavy (non-hydrogen) atoms. The first-order valence-electron chi connectivity index (χ1n) is 7.79. The number of hydrogen-bond acceptors (Lipinski definition) is 5. The molecule has 0 amide bonds. The second-order valence-electron chi connectivity index (χ2n) is 5.70. The molecule has 0 aliphatic heterocycles. The van der Waals surface area contributed by atoms with Gasteiger partial charge in [0.25, 0.3) is 0 Å². The van der Waals surface area contributed by atoms with Crippen LogP contribution in [0.3, 0.4) is 0 Å². The third-order valence-electron chi connectivity index (χ3n) is 3.80. The van der Waals surface area contributed by atoms with E-state index in [4.69, 9.17) is 4.52 Å². The van der Waals surface area contributed by atoms with Gasteiger partial charge in [0.1, 0.15) is 0 Å². The first-order chi connectivity index (χ1) is 10.3. The van der Waals surface area contributed by atoms with Gasteiger partial charge < -0.3 is 4.52 Å². The van der Waals surface area contributed by atoms with Gasteiger partial charge in [0, 0.05) is 31.4 Å². The number of hydrogen-bond donors (Lipinski definition) is 0. The van der Waals surface area contributed by atoms with Crippen molar-refractivity contribution in [2.45, 2.75) is 58.2 Å². The lowest BCUT2D eigenvalue weighted by atomic mass is 10.2. The summed E-state index contributed by atoms with van der Waals surface area (Å²) in [6.45, 7) is 3.83. The van der Waals surface area contributed by atoms with E-state index < -0.39 is 0 Å². The molecule has 1 fully saturated rings. The standard InChI is InChI=1S/C16H22N4O/c1-2-3-4-15-18-16(21-19-15)12-20(14-5-6-14)11-13-7-9-17-10-8-13/h7-10,14H,2-6,11-12H2,1H3. The van der Waals surface area contributed by atoms with Crippen LogP contribution in [0.5, 0.6) is 0 Å². The lowest BCUT2D eigenvalue weighted by molar-refractivity contribution is 0.209. The minimum atomic E-state index is 0.657. The van der Waals surface area contributed by atoms with Crippen LogP contribution in [0.4, 0.5) is 0 Å². The van der Waals surface area contributed by atoms with Gasteiger partial charge in [0.2, 0.25) is 5.89 Å². The predicted octanol–water partition coefficient (Wildman–Crippen LogP) is 2.97. The zero-order valence-electron chi connectivity index (χ0n) is 12.5. The van der Waals surface area contributed by atoms with Crippen LogP contribution in [0, 0.1) is 0 Å². The Morgan fingerprint density at radius 2 is 2.05 bits per heavy atom. The number of aryl methyl sites for hydroxylation is 1. The van der Waals surface area contributed by atoms with Crippen molar-refractivity contribution >= 4 is 0 Å². The van der Waals surface area contributed by atoms with E-state index in [0.717, 1.165) is 44.1 Å². The molecule has 1 aliphatic carbocycles. The molecule has 0 radical (unpaired) electrons. The van der Waals surface area contributed by atoms with Crippen molar-refractivity contribution in [2.24, 2.45) is 0 Å². The minimum absolute atomic E-state index is 0.657. The molecule has 0 bridgehead atoms. The Kier molecular flexibility index (Phi) is 4.60. The summed E-state index contributed by atoms with van der Waals surface area (Å²) >= 11 is 0. The number of pyridine rings is 1. The molecule has 0 N–H and O–H groups in total. The summed E-state index contributed by atoms with van der Waals surface area (Å²) in [6, 6.07) is 4.79. The molecule has 1 saturated carbocycles. The van der Waals surface area contributed by atoms with Crippen molar-refractivity contribution in [3.05, 3.63) is 41.8 Å². The zero-order chi connectivity index (χ0) is 14.5. The molecule has 3 rings (SSSR count). The van der Waals surface area contributed by atoms with Crippen molar-refractivity contribution < 1.29 is 4.52 Å². The summed E-state index contributed by atoms with van der Waals surface area (Å²) in [5, 5.41) is 4.07. The summed E-state index contributed by atoms with van der Waals surface area (Å²) in [5.74, 6) is 1.58. The molecule has 0 atom stereocenters. The highest BCUT2D eigenvalue weighted by Gasteiger charge is 2.30. The lowest BCUT2D eigenvalue weighted by Crippen LogP contribution is -2.25. The molecule has 0 aromatic carbocycles. The average Bonchev–Trinajstić information content (AvgIpc) is 3.27. The van der Waals surface area contributed by atoms with Gasteiger partial charge in [-0.3, -0.25) is 9.88 Å². The molecule has 0 unspecified atom stereocenters. The van der Waals surface area contributed by atoms with Gasteiger partial charge in [-0.15, -0.1) is 0 Å².